The lowest BCUT2D eigenvalue weighted by Crippen LogP contribution is -2.44. The van der Waals surface area contributed by atoms with Gasteiger partial charge < -0.3 is 20.1 Å². The van der Waals surface area contributed by atoms with Gasteiger partial charge in [-0.15, -0.1) is 0 Å². The molecule has 0 bridgehead atoms. The summed E-state index contributed by atoms with van der Waals surface area (Å²) in [4.78, 5) is 26.9. The lowest BCUT2D eigenvalue weighted by atomic mass is 10.0. The van der Waals surface area contributed by atoms with E-state index in [0.717, 1.165) is 30.0 Å². The molecular weight excluding hydrogens is 430 g/mol. The summed E-state index contributed by atoms with van der Waals surface area (Å²) in [6.45, 7) is 4.83. The van der Waals surface area contributed by atoms with E-state index in [1.807, 2.05) is 48.5 Å². The third-order valence-corrected chi connectivity index (χ3v) is 5.77. The molecule has 1 aliphatic rings. The average molecular weight is 460 g/mol. The SMILES string of the molecule is COc1ccc(C(CC(=O)NCC(c2ccc(Cl)cc2)N2CCOCC2)NC(C)=O)cc1. The van der Waals surface area contributed by atoms with Gasteiger partial charge in [-0.05, 0) is 35.4 Å². The van der Waals surface area contributed by atoms with Crippen molar-refractivity contribution in [2.45, 2.75) is 25.4 Å². The normalized spacial score (nSPS) is 16.1. The molecule has 1 heterocycles. The van der Waals surface area contributed by atoms with Crippen LogP contribution in [0.5, 0.6) is 5.75 Å². The van der Waals surface area contributed by atoms with Gasteiger partial charge in [-0.1, -0.05) is 35.9 Å². The number of ether oxygens (including phenoxy) is 2. The van der Waals surface area contributed by atoms with Gasteiger partial charge in [0.25, 0.3) is 0 Å². The van der Waals surface area contributed by atoms with Gasteiger partial charge in [-0.25, -0.2) is 0 Å². The van der Waals surface area contributed by atoms with Crippen LogP contribution in [0.1, 0.15) is 36.6 Å². The molecule has 32 heavy (non-hydrogen) atoms. The second kappa shape index (κ2) is 11.9. The summed E-state index contributed by atoms with van der Waals surface area (Å²) in [5.41, 5.74) is 1.93. The van der Waals surface area contributed by atoms with Crippen molar-refractivity contribution in [1.29, 1.82) is 0 Å². The predicted octanol–water partition coefficient (Wildman–Crippen LogP) is 3.11. The van der Waals surface area contributed by atoms with Crippen LogP contribution in [0.4, 0.5) is 0 Å². The average Bonchev–Trinajstić information content (AvgIpc) is 2.80. The van der Waals surface area contributed by atoms with Crippen LogP contribution in [0.15, 0.2) is 48.5 Å². The second-order valence-electron chi connectivity index (χ2n) is 7.75. The van der Waals surface area contributed by atoms with E-state index in [9.17, 15) is 9.59 Å². The van der Waals surface area contributed by atoms with Crippen LogP contribution >= 0.6 is 11.6 Å². The molecule has 3 rings (SSSR count). The number of halogens is 1. The van der Waals surface area contributed by atoms with Gasteiger partial charge >= 0.3 is 0 Å². The number of morpholine rings is 1. The lowest BCUT2D eigenvalue weighted by molar-refractivity contribution is -0.123. The fourth-order valence-electron chi connectivity index (χ4n) is 3.83. The Balaban J connectivity index is 1.67. The molecular formula is C24H30ClN3O4. The van der Waals surface area contributed by atoms with Crippen LogP contribution in [0.25, 0.3) is 0 Å². The number of carbonyl (C=O) groups excluding carboxylic acids is 2. The van der Waals surface area contributed by atoms with E-state index in [1.165, 1.54) is 6.92 Å². The van der Waals surface area contributed by atoms with Crippen LogP contribution in [-0.4, -0.2) is 56.7 Å². The van der Waals surface area contributed by atoms with E-state index in [2.05, 4.69) is 15.5 Å². The molecule has 0 saturated carbocycles. The number of nitrogens with one attached hydrogen (secondary N) is 2. The second-order valence-corrected chi connectivity index (χ2v) is 8.19. The smallest absolute Gasteiger partial charge is 0.222 e. The molecule has 7 nitrogen and oxygen atoms in total. The highest BCUT2D eigenvalue weighted by Gasteiger charge is 2.24. The zero-order valence-corrected chi connectivity index (χ0v) is 19.2. The molecule has 2 aromatic carbocycles. The van der Waals surface area contributed by atoms with E-state index in [1.54, 1.807) is 7.11 Å². The number of methoxy groups -OCH3 is 1. The molecule has 172 valence electrons. The summed E-state index contributed by atoms with van der Waals surface area (Å²) in [6, 6.07) is 14.7. The maximum atomic E-state index is 12.9. The number of rotatable bonds is 9. The molecule has 0 radical (unpaired) electrons. The number of hydrogen-bond acceptors (Lipinski definition) is 5. The zero-order chi connectivity index (χ0) is 22.9. The number of carbonyl (C=O) groups is 2. The van der Waals surface area contributed by atoms with Crippen molar-refractivity contribution >= 4 is 23.4 Å². The summed E-state index contributed by atoms with van der Waals surface area (Å²) < 4.78 is 10.7. The van der Waals surface area contributed by atoms with Gasteiger partial charge in [0.2, 0.25) is 11.8 Å². The lowest BCUT2D eigenvalue weighted by Gasteiger charge is -2.35. The Kier molecular flexibility index (Phi) is 8.90. The fraction of sp³-hybridized carbons (Fsp3) is 0.417. The van der Waals surface area contributed by atoms with Gasteiger partial charge in [0, 0.05) is 31.6 Å². The minimum Gasteiger partial charge on any atom is -0.497 e. The van der Waals surface area contributed by atoms with Crippen molar-refractivity contribution in [1.82, 2.24) is 15.5 Å². The summed E-state index contributed by atoms with van der Waals surface area (Å²) in [6.07, 6.45) is 0.141. The first-order chi connectivity index (χ1) is 15.5. The van der Waals surface area contributed by atoms with Crippen LogP contribution < -0.4 is 15.4 Å². The zero-order valence-electron chi connectivity index (χ0n) is 18.5. The Morgan fingerprint density at radius 1 is 1.06 bits per heavy atom. The molecule has 1 saturated heterocycles. The molecule has 0 aromatic heterocycles. The van der Waals surface area contributed by atoms with E-state index in [-0.39, 0.29) is 24.3 Å². The summed E-state index contributed by atoms with van der Waals surface area (Å²) in [7, 11) is 1.60. The summed E-state index contributed by atoms with van der Waals surface area (Å²) in [5, 5.41) is 6.61. The predicted molar refractivity (Wildman–Crippen MR) is 124 cm³/mol. The first-order valence-electron chi connectivity index (χ1n) is 10.7. The summed E-state index contributed by atoms with van der Waals surface area (Å²) >= 11 is 6.06. The van der Waals surface area contributed by atoms with Crippen molar-refractivity contribution in [3.05, 3.63) is 64.7 Å². The Hall–Kier alpha value is -2.61. The molecule has 1 aliphatic heterocycles. The van der Waals surface area contributed by atoms with Gasteiger partial charge in [0.15, 0.2) is 0 Å². The molecule has 0 spiro atoms. The molecule has 2 N–H and O–H groups in total. The largest absolute Gasteiger partial charge is 0.497 e. The van der Waals surface area contributed by atoms with Crippen molar-refractivity contribution in [3.8, 4) is 5.75 Å². The first kappa shape index (κ1) is 24.0. The Morgan fingerprint density at radius 3 is 2.28 bits per heavy atom. The molecule has 1 fully saturated rings. The third-order valence-electron chi connectivity index (χ3n) is 5.52. The van der Waals surface area contributed by atoms with E-state index >= 15 is 0 Å². The third kappa shape index (κ3) is 6.95. The summed E-state index contributed by atoms with van der Waals surface area (Å²) in [5.74, 6) is 0.397. The van der Waals surface area contributed by atoms with Crippen molar-refractivity contribution < 1.29 is 19.1 Å². The highest BCUT2D eigenvalue weighted by Crippen LogP contribution is 2.24. The first-order valence-corrected chi connectivity index (χ1v) is 11.1. The quantitative estimate of drug-likeness (QED) is 0.602. The highest BCUT2D eigenvalue weighted by molar-refractivity contribution is 6.30. The maximum Gasteiger partial charge on any atom is 0.222 e. The van der Waals surface area contributed by atoms with E-state index < -0.39 is 6.04 Å². The minimum atomic E-state index is -0.421. The van der Waals surface area contributed by atoms with Crippen molar-refractivity contribution in [3.63, 3.8) is 0 Å². The standard InChI is InChI=1S/C24H30ClN3O4/c1-17(29)27-22(18-5-9-21(31-2)10-6-18)15-24(30)26-16-23(28-11-13-32-14-12-28)19-3-7-20(25)8-4-19/h3-10,22-23H,11-16H2,1-2H3,(H,26,30)(H,27,29). The molecule has 2 aromatic rings. The molecule has 2 amide bonds. The van der Waals surface area contributed by atoms with Gasteiger partial charge in [0.05, 0.1) is 38.8 Å². The topological polar surface area (TPSA) is 79.9 Å². The molecule has 2 atom stereocenters. The van der Waals surface area contributed by atoms with Crippen LogP contribution in [0, 0.1) is 0 Å². The molecule has 0 aliphatic carbocycles. The monoisotopic (exact) mass is 459 g/mol. The van der Waals surface area contributed by atoms with Gasteiger partial charge in [-0.3, -0.25) is 14.5 Å². The number of amides is 2. The van der Waals surface area contributed by atoms with Crippen molar-refractivity contribution in [2.24, 2.45) is 0 Å². The van der Waals surface area contributed by atoms with Crippen LogP contribution in [-0.2, 0) is 14.3 Å². The number of benzene rings is 2. The van der Waals surface area contributed by atoms with E-state index in [4.69, 9.17) is 21.1 Å². The minimum absolute atomic E-state index is 0.0142. The maximum absolute atomic E-state index is 12.9. The van der Waals surface area contributed by atoms with E-state index in [0.29, 0.717) is 24.8 Å². The molecule has 8 heteroatoms. The Morgan fingerprint density at radius 2 is 1.69 bits per heavy atom. The Bertz CT molecular complexity index is 883. The number of hydrogen-bond donors (Lipinski definition) is 2. The van der Waals surface area contributed by atoms with Crippen molar-refractivity contribution in [2.75, 3.05) is 40.0 Å². The molecule has 2 unspecified atom stereocenters. The van der Waals surface area contributed by atoms with Crippen LogP contribution in [0.2, 0.25) is 5.02 Å². The number of nitrogens with zero attached hydrogens (tertiary/aromatic N) is 1. The highest BCUT2D eigenvalue weighted by atomic mass is 35.5. The van der Waals surface area contributed by atoms with Gasteiger partial charge in [0.1, 0.15) is 5.75 Å². The van der Waals surface area contributed by atoms with Crippen LogP contribution in [0.3, 0.4) is 0 Å². The fourth-order valence-corrected chi connectivity index (χ4v) is 3.96. The van der Waals surface area contributed by atoms with Gasteiger partial charge in [-0.2, -0.15) is 0 Å². The Labute approximate surface area is 194 Å².